The van der Waals surface area contributed by atoms with Gasteiger partial charge >= 0.3 is 5.97 Å². The van der Waals surface area contributed by atoms with Crippen molar-refractivity contribution in [1.82, 2.24) is 0 Å². The van der Waals surface area contributed by atoms with Crippen molar-refractivity contribution in [3.05, 3.63) is 35.9 Å². The zero-order chi connectivity index (χ0) is 18.5. The molecule has 0 aliphatic rings. The highest BCUT2D eigenvalue weighted by molar-refractivity contribution is 5.87. The third-order valence-corrected chi connectivity index (χ3v) is 4.26. The van der Waals surface area contributed by atoms with Gasteiger partial charge in [-0.25, -0.2) is 4.79 Å². The van der Waals surface area contributed by atoms with Crippen molar-refractivity contribution in [2.75, 3.05) is 13.2 Å². The van der Waals surface area contributed by atoms with E-state index in [9.17, 15) is 4.79 Å². The van der Waals surface area contributed by atoms with Gasteiger partial charge in [0.25, 0.3) is 0 Å². The van der Waals surface area contributed by atoms with E-state index in [0.717, 1.165) is 37.2 Å². The fraction of sp³-hybridized carbons (Fsp3) is 0.591. The number of ether oxygens (including phenoxy) is 2. The normalized spacial score (nSPS) is 12.5. The van der Waals surface area contributed by atoms with Crippen LogP contribution in [-0.2, 0) is 9.53 Å². The highest BCUT2D eigenvalue weighted by atomic mass is 16.5. The van der Waals surface area contributed by atoms with Gasteiger partial charge in [-0.2, -0.15) is 0 Å². The molecule has 0 spiro atoms. The summed E-state index contributed by atoms with van der Waals surface area (Å²) < 4.78 is 11.1. The predicted molar refractivity (Wildman–Crippen MR) is 105 cm³/mol. The molecule has 1 atom stereocenters. The van der Waals surface area contributed by atoms with E-state index in [1.807, 2.05) is 24.3 Å². The molecule has 0 radical (unpaired) electrons. The van der Waals surface area contributed by atoms with Gasteiger partial charge in [-0.05, 0) is 48.4 Å². The molecule has 0 aliphatic heterocycles. The van der Waals surface area contributed by atoms with E-state index in [-0.39, 0.29) is 5.97 Å². The molecule has 3 heteroatoms. The van der Waals surface area contributed by atoms with Gasteiger partial charge in [0.15, 0.2) is 0 Å². The van der Waals surface area contributed by atoms with Gasteiger partial charge in [-0.1, -0.05) is 59.1 Å². The number of unbranched alkanes of at least 4 members (excludes halogenated alkanes) is 1. The standard InChI is InChI=1S/C22H34O3/c1-5-7-8-19(6-2)17-25-22(23)14-11-20-9-12-21(13-10-20)24-16-15-18(3)4/h9-14,18-19H,5-8,15-17H2,1-4H3. The topological polar surface area (TPSA) is 35.5 Å². The van der Waals surface area contributed by atoms with Crippen LogP contribution in [0.1, 0.15) is 65.4 Å². The molecule has 0 N–H and O–H groups in total. The molecule has 0 fully saturated rings. The highest BCUT2D eigenvalue weighted by Gasteiger charge is 2.08. The molecule has 0 amide bonds. The Morgan fingerprint density at radius 2 is 1.84 bits per heavy atom. The zero-order valence-electron chi connectivity index (χ0n) is 16.3. The molecular weight excluding hydrogens is 312 g/mol. The van der Waals surface area contributed by atoms with E-state index < -0.39 is 0 Å². The van der Waals surface area contributed by atoms with Crippen LogP contribution >= 0.6 is 0 Å². The summed E-state index contributed by atoms with van der Waals surface area (Å²) in [7, 11) is 0. The Bertz CT molecular complexity index is 503. The minimum atomic E-state index is -0.271. The smallest absolute Gasteiger partial charge is 0.330 e. The minimum absolute atomic E-state index is 0.271. The van der Waals surface area contributed by atoms with E-state index in [1.54, 1.807) is 6.08 Å². The van der Waals surface area contributed by atoms with Crippen molar-refractivity contribution >= 4 is 12.0 Å². The fourth-order valence-electron chi connectivity index (χ4n) is 2.40. The second-order valence-corrected chi connectivity index (χ2v) is 6.98. The first-order valence-electron chi connectivity index (χ1n) is 9.62. The number of hydrogen-bond acceptors (Lipinski definition) is 3. The average molecular weight is 347 g/mol. The number of hydrogen-bond donors (Lipinski definition) is 0. The Labute approximate surface area is 153 Å². The molecule has 1 aromatic rings. The summed E-state index contributed by atoms with van der Waals surface area (Å²) >= 11 is 0. The molecular formula is C22H34O3. The van der Waals surface area contributed by atoms with Crippen LogP contribution in [0.5, 0.6) is 5.75 Å². The molecule has 0 saturated heterocycles. The van der Waals surface area contributed by atoms with Crippen molar-refractivity contribution < 1.29 is 14.3 Å². The number of rotatable bonds is 12. The molecule has 1 rings (SSSR count). The second kappa shape index (κ2) is 12.6. The number of esters is 1. The van der Waals surface area contributed by atoms with Crippen molar-refractivity contribution in [2.24, 2.45) is 11.8 Å². The third-order valence-electron chi connectivity index (χ3n) is 4.26. The first-order chi connectivity index (χ1) is 12.0. The molecule has 25 heavy (non-hydrogen) atoms. The molecule has 1 aromatic carbocycles. The van der Waals surface area contributed by atoms with Gasteiger partial charge in [0.1, 0.15) is 5.75 Å². The highest BCUT2D eigenvalue weighted by Crippen LogP contribution is 2.15. The first-order valence-corrected chi connectivity index (χ1v) is 9.62. The third kappa shape index (κ3) is 9.96. The summed E-state index contributed by atoms with van der Waals surface area (Å²) in [6.45, 7) is 9.95. The van der Waals surface area contributed by atoms with E-state index in [4.69, 9.17) is 9.47 Å². The van der Waals surface area contributed by atoms with E-state index in [1.165, 1.54) is 18.9 Å². The Morgan fingerprint density at radius 3 is 2.44 bits per heavy atom. The van der Waals surface area contributed by atoms with Gasteiger partial charge in [0.2, 0.25) is 0 Å². The quantitative estimate of drug-likeness (QED) is 0.350. The van der Waals surface area contributed by atoms with Gasteiger partial charge in [-0.3, -0.25) is 0 Å². The lowest BCUT2D eigenvalue weighted by molar-refractivity contribution is -0.139. The largest absolute Gasteiger partial charge is 0.494 e. The van der Waals surface area contributed by atoms with Crippen LogP contribution in [0.25, 0.3) is 6.08 Å². The van der Waals surface area contributed by atoms with Crippen LogP contribution in [0, 0.1) is 11.8 Å². The summed E-state index contributed by atoms with van der Waals surface area (Å²) in [5, 5.41) is 0. The molecule has 0 bridgehead atoms. The average Bonchev–Trinajstić information content (AvgIpc) is 2.61. The Kier molecular flexibility index (Phi) is 10.7. The van der Waals surface area contributed by atoms with Crippen LogP contribution in [0.3, 0.4) is 0 Å². The summed E-state index contributed by atoms with van der Waals surface area (Å²) in [5.74, 6) is 1.70. The van der Waals surface area contributed by atoms with Crippen molar-refractivity contribution in [1.29, 1.82) is 0 Å². The zero-order valence-corrected chi connectivity index (χ0v) is 16.3. The molecule has 0 aromatic heterocycles. The fourth-order valence-corrected chi connectivity index (χ4v) is 2.40. The van der Waals surface area contributed by atoms with Crippen LogP contribution in [-0.4, -0.2) is 19.2 Å². The molecule has 0 saturated carbocycles. The van der Waals surface area contributed by atoms with E-state index in [2.05, 4.69) is 27.7 Å². The SMILES string of the molecule is CCCCC(CC)COC(=O)C=Cc1ccc(OCCC(C)C)cc1. The number of carbonyl (C=O) groups excluding carboxylic acids is 1. The molecule has 3 nitrogen and oxygen atoms in total. The van der Waals surface area contributed by atoms with Crippen molar-refractivity contribution in [3.8, 4) is 5.75 Å². The van der Waals surface area contributed by atoms with Crippen molar-refractivity contribution in [3.63, 3.8) is 0 Å². The predicted octanol–water partition coefficient (Wildman–Crippen LogP) is 5.88. The van der Waals surface area contributed by atoms with Crippen LogP contribution < -0.4 is 4.74 Å². The van der Waals surface area contributed by atoms with Gasteiger partial charge in [-0.15, -0.1) is 0 Å². The lowest BCUT2D eigenvalue weighted by Crippen LogP contribution is -2.12. The molecule has 0 heterocycles. The van der Waals surface area contributed by atoms with Crippen LogP contribution in [0.4, 0.5) is 0 Å². The maximum Gasteiger partial charge on any atom is 0.330 e. The van der Waals surface area contributed by atoms with Gasteiger partial charge < -0.3 is 9.47 Å². The van der Waals surface area contributed by atoms with Crippen LogP contribution in [0.15, 0.2) is 30.3 Å². The van der Waals surface area contributed by atoms with E-state index >= 15 is 0 Å². The maximum atomic E-state index is 11.8. The Balaban J connectivity index is 2.37. The maximum absolute atomic E-state index is 11.8. The summed E-state index contributed by atoms with van der Waals surface area (Å²) in [4.78, 5) is 11.8. The monoisotopic (exact) mass is 346 g/mol. The molecule has 0 aliphatic carbocycles. The number of carbonyl (C=O) groups is 1. The Hall–Kier alpha value is -1.77. The molecule has 140 valence electrons. The Morgan fingerprint density at radius 1 is 1.12 bits per heavy atom. The summed E-state index contributed by atoms with van der Waals surface area (Å²) in [6.07, 6.45) is 8.88. The summed E-state index contributed by atoms with van der Waals surface area (Å²) in [5.41, 5.74) is 0.964. The van der Waals surface area contributed by atoms with Gasteiger partial charge in [0.05, 0.1) is 13.2 Å². The van der Waals surface area contributed by atoms with Gasteiger partial charge in [0, 0.05) is 6.08 Å². The first kappa shape index (κ1) is 21.3. The number of benzene rings is 1. The van der Waals surface area contributed by atoms with E-state index in [0.29, 0.717) is 18.4 Å². The lowest BCUT2D eigenvalue weighted by atomic mass is 10.0. The van der Waals surface area contributed by atoms with Crippen LogP contribution in [0.2, 0.25) is 0 Å². The lowest BCUT2D eigenvalue weighted by Gasteiger charge is -2.13. The minimum Gasteiger partial charge on any atom is -0.494 e. The summed E-state index contributed by atoms with van der Waals surface area (Å²) in [6, 6.07) is 7.77. The van der Waals surface area contributed by atoms with Crippen molar-refractivity contribution in [2.45, 2.75) is 59.8 Å². The molecule has 1 unspecified atom stereocenters. The second-order valence-electron chi connectivity index (χ2n) is 6.98.